The molecule has 1 N–H and O–H groups in total. The van der Waals surface area contributed by atoms with Crippen LogP contribution in [0.5, 0.6) is 0 Å². The molecule has 2 aliphatic heterocycles. The van der Waals surface area contributed by atoms with E-state index in [9.17, 15) is 0 Å². The van der Waals surface area contributed by atoms with E-state index >= 15 is 0 Å². The molecule has 5 heteroatoms. The second-order valence-electron chi connectivity index (χ2n) is 5.92. The van der Waals surface area contributed by atoms with Crippen molar-refractivity contribution in [2.45, 2.75) is 45.2 Å². The highest BCUT2D eigenvalue weighted by Crippen LogP contribution is 2.31. The highest BCUT2D eigenvalue weighted by molar-refractivity contribution is 5.59. The van der Waals surface area contributed by atoms with Gasteiger partial charge in [-0.2, -0.15) is 0 Å². The van der Waals surface area contributed by atoms with E-state index < -0.39 is 0 Å². The Bertz CT molecular complexity index is 475. The molecule has 3 rings (SSSR count). The van der Waals surface area contributed by atoms with E-state index in [0.717, 1.165) is 31.1 Å². The van der Waals surface area contributed by atoms with E-state index in [1.807, 2.05) is 7.05 Å². The Morgan fingerprint density at radius 1 is 1.35 bits per heavy atom. The summed E-state index contributed by atoms with van der Waals surface area (Å²) in [5.74, 6) is 2.10. The molecule has 2 aliphatic rings. The summed E-state index contributed by atoms with van der Waals surface area (Å²) in [7, 11) is 1.93. The molecule has 0 bridgehead atoms. The summed E-state index contributed by atoms with van der Waals surface area (Å²) in [6, 6.07) is 1.23. The summed E-state index contributed by atoms with van der Waals surface area (Å²) in [6.07, 6.45) is 5.32. The van der Waals surface area contributed by atoms with Crippen LogP contribution in [0.25, 0.3) is 0 Å². The molecule has 2 saturated heterocycles. The summed E-state index contributed by atoms with van der Waals surface area (Å²) in [4.78, 5) is 14.1. The third-order valence-corrected chi connectivity index (χ3v) is 4.72. The van der Waals surface area contributed by atoms with Crippen molar-refractivity contribution in [3.63, 3.8) is 0 Å². The molecule has 1 aromatic heterocycles. The number of aromatic nitrogens is 2. The molecule has 0 aromatic carbocycles. The lowest BCUT2D eigenvalue weighted by atomic mass is 10.1. The van der Waals surface area contributed by atoms with Gasteiger partial charge < -0.3 is 10.2 Å². The maximum absolute atomic E-state index is 4.60. The van der Waals surface area contributed by atoms with Gasteiger partial charge in [-0.25, -0.2) is 9.97 Å². The molecule has 0 amide bonds. The van der Waals surface area contributed by atoms with Crippen LogP contribution >= 0.6 is 0 Å². The molecule has 1 aromatic rings. The van der Waals surface area contributed by atoms with Crippen LogP contribution in [0.1, 0.15) is 32.3 Å². The molecular formula is C15H25N5. The number of nitrogens with one attached hydrogen (secondary N) is 1. The molecule has 2 atom stereocenters. The zero-order valence-corrected chi connectivity index (χ0v) is 12.8. The zero-order valence-electron chi connectivity index (χ0n) is 12.8. The van der Waals surface area contributed by atoms with Crippen LogP contribution in [-0.2, 0) is 6.42 Å². The van der Waals surface area contributed by atoms with Crippen LogP contribution in [0, 0.1) is 0 Å². The quantitative estimate of drug-likeness (QED) is 0.910. The van der Waals surface area contributed by atoms with Gasteiger partial charge in [0.05, 0.1) is 0 Å². The number of piperazine rings is 1. The van der Waals surface area contributed by atoms with E-state index in [1.165, 1.54) is 24.9 Å². The number of hydrogen-bond donors (Lipinski definition) is 1. The van der Waals surface area contributed by atoms with Crippen LogP contribution in [0.15, 0.2) is 6.33 Å². The lowest BCUT2D eigenvalue weighted by Crippen LogP contribution is -2.55. The SMILES string of the molecule is CCc1c(NC)ncnc1N1CC2CCCN2CC1C. The molecule has 0 spiro atoms. The van der Waals surface area contributed by atoms with Gasteiger partial charge in [-0.3, -0.25) is 4.90 Å². The molecule has 20 heavy (non-hydrogen) atoms. The molecule has 0 saturated carbocycles. The van der Waals surface area contributed by atoms with Gasteiger partial charge >= 0.3 is 0 Å². The van der Waals surface area contributed by atoms with Gasteiger partial charge in [0.25, 0.3) is 0 Å². The molecule has 5 nitrogen and oxygen atoms in total. The first kappa shape index (κ1) is 13.6. The summed E-state index contributed by atoms with van der Waals surface area (Å²) in [5, 5.41) is 3.20. The Balaban J connectivity index is 1.91. The van der Waals surface area contributed by atoms with Crippen molar-refractivity contribution >= 4 is 11.6 Å². The normalized spacial score (nSPS) is 26.6. The molecule has 2 fully saturated rings. The summed E-state index contributed by atoms with van der Waals surface area (Å²) in [5.41, 5.74) is 1.24. The first-order valence-corrected chi connectivity index (χ1v) is 7.77. The summed E-state index contributed by atoms with van der Waals surface area (Å²) >= 11 is 0. The maximum atomic E-state index is 4.60. The Morgan fingerprint density at radius 3 is 2.95 bits per heavy atom. The highest BCUT2D eigenvalue weighted by Gasteiger charge is 2.35. The predicted molar refractivity (Wildman–Crippen MR) is 82.4 cm³/mol. The van der Waals surface area contributed by atoms with Crippen molar-refractivity contribution in [3.05, 3.63) is 11.9 Å². The smallest absolute Gasteiger partial charge is 0.137 e. The standard InChI is InChI=1S/C15H25N5/c1-4-13-14(16-3)17-10-18-15(13)20-9-12-6-5-7-19(12)8-11(20)2/h10-12H,4-9H2,1-3H3,(H,16,17,18). The fraction of sp³-hybridized carbons (Fsp3) is 0.733. The molecule has 0 aliphatic carbocycles. The Morgan fingerprint density at radius 2 is 2.20 bits per heavy atom. The second-order valence-corrected chi connectivity index (χ2v) is 5.92. The van der Waals surface area contributed by atoms with Gasteiger partial charge in [0.15, 0.2) is 0 Å². The number of hydrogen-bond acceptors (Lipinski definition) is 5. The average Bonchev–Trinajstić information content (AvgIpc) is 2.92. The highest BCUT2D eigenvalue weighted by atomic mass is 15.3. The molecular weight excluding hydrogens is 250 g/mol. The van der Waals surface area contributed by atoms with Crippen molar-refractivity contribution in [2.75, 3.05) is 36.9 Å². The van der Waals surface area contributed by atoms with E-state index in [2.05, 4.69) is 38.9 Å². The van der Waals surface area contributed by atoms with E-state index in [0.29, 0.717) is 12.1 Å². The van der Waals surface area contributed by atoms with Crippen molar-refractivity contribution in [1.29, 1.82) is 0 Å². The molecule has 3 heterocycles. The van der Waals surface area contributed by atoms with Crippen molar-refractivity contribution < 1.29 is 0 Å². The molecule has 110 valence electrons. The largest absolute Gasteiger partial charge is 0.373 e. The lowest BCUT2D eigenvalue weighted by Gasteiger charge is -2.43. The van der Waals surface area contributed by atoms with Gasteiger partial charge in [0.2, 0.25) is 0 Å². The van der Waals surface area contributed by atoms with Crippen LogP contribution in [0.2, 0.25) is 0 Å². The van der Waals surface area contributed by atoms with E-state index in [-0.39, 0.29) is 0 Å². The monoisotopic (exact) mass is 275 g/mol. The van der Waals surface area contributed by atoms with Crippen LogP contribution in [0.3, 0.4) is 0 Å². The fourth-order valence-corrected chi connectivity index (χ4v) is 3.67. The van der Waals surface area contributed by atoms with E-state index in [4.69, 9.17) is 0 Å². The van der Waals surface area contributed by atoms with Crippen LogP contribution in [0.4, 0.5) is 11.6 Å². The third-order valence-electron chi connectivity index (χ3n) is 4.72. The first-order chi connectivity index (χ1) is 9.74. The minimum Gasteiger partial charge on any atom is -0.373 e. The first-order valence-electron chi connectivity index (χ1n) is 7.77. The Hall–Kier alpha value is -1.36. The summed E-state index contributed by atoms with van der Waals surface area (Å²) in [6.45, 7) is 8.03. The predicted octanol–water partition coefficient (Wildman–Crippen LogP) is 1.75. The number of rotatable bonds is 3. The van der Waals surface area contributed by atoms with Gasteiger partial charge in [0.1, 0.15) is 18.0 Å². The molecule has 0 radical (unpaired) electrons. The van der Waals surface area contributed by atoms with Crippen molar-refractivity contribution in [2.24, 2.45) is 0 Å². The van der Waals surface area contributed by atoms with Gasteiger partial charge in [-0.05, 0) is 32.7 Å². The van der Waals surface area contributed by atoms with Crippen LogP contribution < -0.4 is 10.2 Å². The minimum atomic E-state index is 0.522. The minimum absolute atomic E-state index is 0.522. The topological polar surface area (TPSA) is 44.3 Å². The second kappa shape index (κ2) is 5.56. The fourth-order valence-electron chi connectivity index (χ4n) is 3.67. The number of fused-ring (bicyclic) bond motifs is 1. The lowest BCUT2D eigenvalue weighted by molar-refractivity contribution is 0.202. The van der Waals surface area contributed by atoms with Crippen LogP contribution in [-0.4, -0.2) is 53.6 Å². The van der Waals surface area contributed by atoms with Gasteiger partial charge in [0, 0.05) is 37.8 Å². The van der Waals surface area contributed by atoms with Gasteiger partial charge in [-0.15, -0.1) is 0 Å². The maximum Gasteiger partial charge on any atom is 0.137 e. The van der Waals surface area contributed by atoms with E-state index in [1.54, 1.807) is 6.33 Å². The Labute approximate surface area is 121 Å². The average molecular weight is 275 g/mol. The Kier molecular flexibility index (Phi) is 3.78. The number of nitrogens with zero attached hydrogens (tertiary/aromatic N) is 4. The molecule has 2 unspecified atom stereocenters. The third kappa shape index (κ3) is 2.24. The van der Waals surface area contributed by atoms with Gasteiger partial charge in [-0.1, -0.05) is 6.92 Å². The number of anilines is 2. The zero-order chi connectivity index (χ0) is 14.1. The summed E-state index contributed by atoms with van der Waals surface area (Å²) < 4.78 is 0. The van der Waals surface area contributed by atoms with Crippen molar-refractivity contribution in [3.8, 4) is 0 Å². The van der Waals surface area contributed by atoms with Crippen molar-refractivity contribution in [1.82, 2.24) is 14.9 Å².